The summed E-state index contributed by atoms with van der Waals surface area (Å²) in [6.07, 6.45) is 5.64. The van der Waals surface area contributed by atoms with Gasteiger partial charge in [-0.2, -0.15) is 0 Å². The molecule has 2 nitrogen and oxygen atoms in total. The van der Waals surface area contributed by atoms with Gasteiger partial charge in [0, 0.05) is 6.42 Å². The van der Waals surface area contributed by atoms with Gasteiger partial charge in [-0.3, -0.25) is 4.79 Å². The van der Waals surface area contributed by atoms with Gasteiger partial charge in [-0.25, -0.2) is 0 Å². The standard InChI is InChI=1S/C11H18O2/c1-3-9(2)8-10(12)11-6-4-5-7-13-11/h6,9H,3-5,7-8H2,1-2H3. The maximum atomic E-state index is 11.6. The van der Waals surface area contributed by atoms with Crippen LogP contribution in [0.15, 0.2) is 11.8 Å². The van der Waals surface area contributed by atoms with Crippen LogP contribution in [0.1, 0.15) is 39.5 Å². The highest BCUT2D eigenvalue weighted by atomic mass is 16.5. The van der Waals surface area contributed by atoms with Crippen LogP contribution < -0.4 is 0 Å². The van der Waals surface area contributed by atoms with Crippen LogP contribution >= 0.6 is 0 Å². The second kappa shape index (κ2) is 5.05. The van der Waals surface area contributed by atoms with Crippen molar-refractivity contribution in [2.75, 3.05) is 6.61 Å². The highest BCUT2D eigenvalue weighted by Crippen LogP contribution is 2.16. The Labute approximate surface area is 80.0 Å². The molecular formula is C11H18O2. The fraction of sp³-hybridized carbons (Fsp3) is 0.727. The molecule has 0 aromatic carbocycles. The first-order valence-corrected chi connectivity index (χ1v) is 5.10. The van der Waals surface area contributed by atoms with Crippen LogP contribution in [0.25, 0.3) is 0 Å². The van der Waals surface area contributed by atoms with E-state index in [9.17, 15) is 4.79 Å². The van der Waals surface area contributed by atoms with Crippen LogP contribution in [-0.4, -0.2) is 12.4 Å². The molecule has 1 heterocycles. The molecule has 0 saturated carbocycles. The Balaban J connectivity index is 2.42. The Kier molecular flexibility index (Phi) is 4.00. The molecule has 0 spiro atoms. The predicted molar refractivity (Wildman–Crippen MR) is 52.3 cm³/mol. The smallest absolute Gasteiger partial charge is 0.197 e. The highest BCUT2D eigenvalue weighted by molar-refractivity contribution is 5.93. The molecule has 0 aromatic rings. The fourth-order valence-electron chi connectivity index (χ4n) is 1.31. The van der Waals surface area contributed by atoms with Crippen molar-refractivity contribution in [1.29, 1.82) is 0 Å². The maximum Gasteiger partial charge on any atom is 0.197 e. The van der Waals surface area contributed by atoms with Crippen molar-refractivity contribution in [1.82, 2.24) is 0 Å². The van der Waals surface area contributed by atoms with Crippen molar-refractivity contribution in [3.63, 3.8) is 0 Å². The minimum atomic E-state index is 0.175. The number of allylic oxidation sites excluding steroid dienone is 2. The van der Waals surface area contributed by atoms with Gasteiger partial charge in [0.2, 0.25) is 0 Å². The number of carbonyl (C=O) groups is 1. The van der Waals surface area contributed by atoms with Gasteiger partial charge in [0.25, 0.3) is 0 Å². The minimum absolute atomic E-state index is 0.175. The Morgan fingerprint density at radius 2 is 2.46 bits per heavy atom. The fourth-order valence-corrected chi connectivity index (χ4v) is 1.31. The summed E-state index contributed by atoms with van der Waals surface area (Å²) in [5, 5.41) is 0. The molecule has 2 heteroatoms. The molecule has 0 fully saturated rings. The van der Waals surface area contributed by atoms with E-state index in [-0.39, 0.29) is 5.78 Å². The lowest BCUT2D eigenvalue weighted by molar-refractivity contribution is -0.120. The average molecular weight is 182 g/mol. The molecule has 1 aliphatic rings. The van der Waals surface area contributed by atoms with E-state index in [0.717, 1.165) is 19.3 Å². The molecule has 1 unspecified atom stereocenters. The number of rotatable bonds is 4. The number of hydrogen-bond donors (Lipinski definition) is 0. The van der Waals surface area contributed by atoms with Crippen molar-refractivity contribution in [3.8, 4) is 0 Å². The van der Waals surface area contributed by atoms with Gasteiger partial charge in [0.15, 0.2) is 11.5 Å². The molecule has 0 saturated heterocycles. The normalized spacial score (nSPS) is 18.8. The Hall–Kier alpha value is -0.790. The summed E-state index contributed by atoms with van der Waals surface area (Å²) in [7, 11) is 0. The Morgan fingerprint density at radius 3 is 3.00 bits per heavy atom. The molecular weight excluding hydrogens is 164 g/mol. The summed E-state index contributed by atoms with van der Waals surface area (Å²) in [5.74, 6) is 1.25. The molecule has 0 aromatic heterocycles. The summed E-state index contributed by atoms with van der Waals surface area (Å²) in [4.78, 5) is 11.6. The van der Waals surface area contributed by atoms with E-state index in [1.165, 1.54) is 0 Å². The molecule has 74 valence electrons. The lowest BCUT2D eigenvalue weighted by Crippen LogP contribution is -2.13. The van der Waals surface area contributed by atoms with E-state index in [4.69, 9.17) is 4.74 Å². The Bertz CT molecular complexity index is 206. The summed E-state index contributed by atoms with van der Waals surface area (Å²) in [6, 6.07) is 0. The van der Waals surface area contributed by atoms with Gasteiger partial charge < -0.3 is 4.74 Å². The van der Waals surface area contributed by atoms with E-state index in [1.807, 2.05) is 6.08 Å². The highest BCUT2D eigenvalue weighted by Gasteiger charge is 2.15. The van der Waals surface area contributed by atoms with Crippen LogP contribution in [-0.2, 0) is 9.53 Å². The second-order valence-electron chi connectivity index (χ2n) is 3.70. The number of hydrogen-bond acceptors (Lipinski definition) is 2. The first kappa shape index (κ1) is 10.3. The monoisotopic (exact) mass is 182 g/mol. The maximum absolute atomic E-state index is 11.6. The van der Waals surface area contributed by atoms with E-state index < -0.39 is 0 Å². The van der Waals surface area contributed by atoms with Crippen LogP contribution in [0.3, 0.4) is 0 Å². The summed E-state index contributed by atoms with van der Waals surface area (Å²) < 4.78 is 5.30. The zero-order valence-corrected chi connectivity index (χ0v) is 8.51. The number of ketones is 1. The molecule has 0 amide bonds. The number of ether oxygens (including phenoxy) is 1. The van der Waals surface area contributed by atoms with Crippen molar-refractivity contribution >= 4 is 5.78 Å². The average Bonchev–Trinajstić information content (AvgIpc) is 2.19. The van der Waals surface area contributed by atoms with Gasteiger partial charge in [-0.05, 0) is 24.8 Å². The van der Waals surface area contributed by atoms with E-state index in [0.29, 0.717) is 24.7 Å². The van der Waals surface area contributed by atoms with Crippen molar-refractivity contribution < 1.29 is 9.53 Å². The van der Waals surface area contributed by atoms with Crippen molar-refractivity contribution in [3.05, 3.63) is 11.8 Å². The second-order valence-corrected chi connectivity index (χ2v) is 3.70. The summed E-state index contributed by atoms with van der Waals surface area (Å²) >= 11 is 0. The third kappa shape index (κ3) is 3.21. The third-order valence-corrected chi connectivity index (χ3v) is 2.44. The molecule has 0 radical (unpaired) electrons. The van der Waals surface area contributed by atoms with Crippen LogP contribution in [0.4, 0.5) is 0 Å². The molecule has 0 bridgehead atoms. The van der Waals surface area contributed by atoms with E-state index in [2.05, 4.69) is 13.8 Å². The van der Waals surface area contributed by atoms with Crippen LogP contribution in [0.5, 0.6) is 0 Å². The van der Waals surface area contributed by atoms with Gasteiger partial charge in [0.05, 0.1) is 6.61 Å². The van der Waals surface area contributed by atoms with Crippen molar-refractivity contribution in [2.24, 2.45) is 5.92 Å². The van der Waals surface area contributed by atoms with Crippen LogP contribution in [0.2, 0.25) is 0 Å². The number of carbonyl (C=O) groups excluding carboxylic acids is 1. The first-order valence-electron chi connectivity index (χ1n) is 5.10. The summed E-state index contributed by atoms with van der Waals surface area (Å²) in [6.45, 7) is 4.91. The molecule has 0 N–H and O–H groups in total. The number of Topliss-reactive ketones (excluding diaryl/α,β-unsaturated/α-hetero) is 1. The zero-order chi connectivity index (χ0) is 9.68. The van der Waals surface area contributed by atoms with Crippen LogP contribution in [0, 0.1) is 5.92 Å². The third-order valence-electron chi connectivity index (χ3n) is 2.44. The Morgan fingerprint density at radius 1 is 1.69 bits per heavy atom. The van der Waals surface area contributed by atoms with Gasteiger partial charge in [0.1, 0.15) is 0 Å². The molecule has 13 heavy (non-hydrogen) atoms. The predicted octanol–water partition coefficient (Wildman–Crippen LogP) is 2.69. The van der Waals surface area contributed by atoms with E-state index >= 15 is 0 Å². The van der Waals surface area contributed by atoms with E-state index in [1.54, 1.807) is 0 Å². The molecule has 1 aliphatic heterocycles. The van der Waals surface area contributed by atoms with Crippen molar-refractivity contribution in [2.45, 2.75) is 39.5 Å². The molecule has 1 rings (SSSR count). The quantitative estimate of drug-likeness (QED) is 0.668. The lowest BCUT2D eigenvalue weighted by Gasteiger charge is -2.15. The topological polar surface area (TPSA) is 26.3 Å². The molecule has 1 atom stereocenters. The molecule has 0 aliphatic carbocycles. The van der Waals surface area contributed by atoms with Gasteiger partial charge in [-0.15, -0.1) is 0 Å². The zero-order valence-electron chi connectivity index (χ0n) is 8.51. The summed E-state index contributed by atoms with van der Waals surface area (Å²) in [5.41, 5.74) is 0. The largest absolute Gasteiger partial charge is 0.490 e. The van der Waals surface area contributed by atoms with Gasteiger partial charge >= 0.3 is 0 Å². The minimum Gasteiger partial charge on any atom is -0.490 e. The SMILES string of the molecule is CCC(C)CC(=O)C1=CCCCO1. The van der Waals surface area contributed by atoms with Gasteiger partial charge in [-0.1, -0.05) is 20.3 Å². The lowest BCUT2D eigenvalue weighted by atomic mass is 10.0. The first-order chi connectivity index (χ1) is 6.24.